The van der Waals surface area contributed by atoms with Crippen molar-refractivity contribution >= 4 is 11.6 Å². The van der Waals surface area contributed by atoms with Gasteiger partial charge >= 0.3 is 0 Å². The van der Waals surface area contributed by atoms with Crippen molar-refractivity contribution in [2.45, 2.75) is 45.3 Å². The van der Waals surface area contributed by atoms with Crippen LogP contribution in [0.1, 0.15) is 41.8 Å². The quantitative estimate of drug-likeness (QED) is 0.718. The average molecular weight is 347 g/mol. The predicted octanol–water partition coefficient (Wildman–Crippen LogP) is 1.33. The Labute approximate surface area is 149 Å². The number of anilines is 1. The molecule has 6 heteroatoms. The molecular formula is C19H29N3O3. The Hall–Kier alpha value is -1.79. The Morgan fingerprint density at radius 3 is 2.92 bits per heavy atom. The number of nitrogens with two attached hydrogens (primary N) is 1. The van der Waals surface area contributed by atoms with E-state index in [9.17, 15) is 9.90 Å². The SMILES string of the molecule is Cc1cc(C(=O)NCC2CCN(C)CC2O)c2c(c1N)CC(C)(C)O2. The van der Waals surface area contributed by atoms with Crippen molar-refractivity contribution < 1.29 is 14.6 Å². The number of likely N-dealkylation sites (N-methyl/N-ethyl adjacent to an activating group) is 1. The van der Waals surface area contributed by atoms with E-state index >= 15 is 0 Å². The number of β-amino-alcohol motifs (C(OH)–C–C–N with tert-alkyl or cyclic N) is 1. The van der Waals surface area contributed by atoms with Crippen LogP contribution >= 0.6 is 0 Å². The van der Waals surface area contributed by atoms with Gasteiger partial charge in [-0.1, -0.05) is 0 Å². The van der Waals surface area contributed by atoms with Gasteiger partial charge in [-0.25, -0.2) is 0 Å². The van der Waals surface area contributed by atoms with Gasteiger partial charge in [-0.15, -0.1) is 0 Å². The molecule has 0 aromatic heterocycles. The number of benzene rings is 1. The summed E-state index contributed by atoms with van der Waals surface area (Å²) in [5.41, 5.74) is 8.91. The number of carbonyl (C=O) groups excluding carboxylic acids is 1. The molecule has 0 saturated carbocycles. The molecule has 0 bridgehead atoms. The van der Waals surface area contributed by atoms with Crippen molar-refractivity contribution in [3.8, 4) is 5.75 Å². The van der Waals surface area contributed by atoms with Crippen molar-refractivity contribution in [1.29, 1.82) is 0 Å². The number of piperidine rings is 1. The summed E-state index contributed by atoms with van der Waals surface area (Å²) < 4.78 is 6.01. The van der Waals surface area contributed by atoms with Gasteiger partial charge in [-0.2, -0.15) is 0 Å². The van der Waals surface area contributed by atoms with Crippen LogP contribution in [0.5, 0.6) is 5.75 Å². The molecule has 1 aromatic carbocycles. The first kappa shape index (κ1) is 18.0. The third-order valence-electron chi connectivity index (χ3n) is 5.30. The predicted molar refractivity (Wildman–Crippen MR) is 97.9 cm³/mol. The number of ether oxygens (including phenoxy) is 1. The van der Waals surface area contributed by atoms with Crippen molar-refractivity contribution in [3.05, 3.63) is 22.8 Å². The van der Waals surface area contributed by atoms with Crippen LogP contribution in [0.25, 0.3) is 0 Å². The van der Waals surface area contributed by atoms with Crippen LogP contribution in [0.4, 0.5) is 5.69 Å². The molecule has 4 N–H and O–H groups in total. The highest BCUT2D eigenvalue weighted by atomic mass is 16.5. The Morgan fingerprint density at radius 2 is 2.24 bits per heavy atom. The molecular weight excluding hydrogens is 318 g/mol. The summed E-state index contributed by atoms with van der Waals surface area (Å²) in [5.74, 6) is 0.526. The number of amides is 1. The summed E-state index contributed by atoms with van der Waals surface area (Å²) in [6.45, 7) is 7.96. The lowest BCUT2D eigenvalue weighted by Gasteiger charge is -2.33. The largest absolute Gasteiger partial charge is 0.486 e. The number of rotatable bonds is 3. The van der Waals surface area contributed by atoms with Crippen LogP contribution in [0, 0.1) is 12.8 Å². The van der Waals surface area contributed by atoms with Gasteiger partial charge in [-0.3, -0.25) is 4.79 Å². The number of aliphatic hydroxyl groups excluding tert-OH is 1. The minimum Gasteiger partial charge on any atom is -0.486 e. The lowest BCUT2D eigenvalue weighted by atomic mass is 9.93. The van der Waals surface area contributed by atoms with Gasteiger partial charge in [0.25, 0.3) is 5.91 Å². The maximum absolute atomic E-state index is 12.8. The van der Waals surface area contributed by atoms with Crippen molar-refractivity contribution in [3.63, 3.8) is 0 Å². The molecule has 2 aliphatic rings. The molecule has 0 radical (unpaired) electrons. The van der Waals surface area contributed by atoms with E-state index in [1.54, 1.807) is 6.07 Å². The molecule has 138 valence electrons. The van der Waals surface area contributed by atoms with Gasteiger partial charge in [-0.05, 0) is 52.4 Å². The number of nitrogen functional groups attached to an aromatic ring is 1. The molecule has 2 unspecified atom stereocenters. The molecule has 0 aliphatic carbocycles. The maximum Gasteiger partial charge on any atom is 0.255 e. The van der Waals surface area contributed by atoms with E-state index in [0.717, 1.165) is 24.1 Å². The van der Waals surface area contributed by atoms with Crippen LogP contribution in [0.2, 0.25) is 0 Å². The first-order valence-corrected chi connectivity index (χ1v) is 8.94. The average Bonchev–Trinajstić information content (AvgIpc) is 2.85. The lowest BCUT2D eigenvalue weighted by Crippen LogP contribution is -2.46. The van der Waals surface area contributed by atoms with Crippen molar-refractivity contribution in [2.75, 3.05) is 32.4 Å². The monoisotopic (exact) mass is 347 g/mol. The van der Waals surface area contributed by atoms with Gasteiger partial charge in [0.15, 0.2) is 0 Å². The van der Waals surface area contributed by atoms with E-state index < -0.39 is 6.10 Å². The zero-order valence-electron chi connectivity index (χ0n) is 15.6. The summed E-state index contributed by atoms with van der Waals surface area (Å²) in [6, 6.07) is 1.80. The Kier molecular flexibility index (Phi) is 4.68. The van der Waals surface area contributed by atoms with E-state index in [1.807, 2.05) is 27.8 Å². The highest BCUT2D eigenvalue weighted by Gasteiger charge is 2.36. The Morgan fingerprint density at radius 1 is 1.52 bits per heavy atom. The lowest BCUT2D eigenvalue weighted by molar-refractivity contribution is 0.0324. The second-order valence-electron chi connectivity index (χ2n) is 8.09. The number of nitrogens with one attached hydrogen (secondary N) is 1. The third-order valence-corrected chi connectivity index (χ3v) is 5.30. The summed E-state index contributed by atoms with van der Waals surface area (Å²) in [5, 5.41) is 13.2. The topological polar surface area (TPSA) is 87.8 Å². The number of nitrogens with zero attached hydrogens (tertiary/aromatic N) is 1. The summed E-state index contributed by atoms with van der Waals surface area (Å²) in [6.07, 6.45) is 1.16. The second-order valence-corrected chi connectivity index (χ2v) is 8.09. The zero-order valence-corrected chi connectivity index (χ0v) is 15.6. The molecule has 2 heterocycles. The molecule has 1 fully saturated rings. The van der Waals surface area contributed by atoms with Gasteiger partial charge in [0.1, 0.15) is 11.4 Å². The van der Waals surface area contributed by atoms with E-state index in [1.165, 1.54) is 0 Å². The molecule has 6 nitrogen and oxygen atoms in total. The number of aryl methyl sites for hydroxylation is 1. The smallest absolute Gasteiger partial charge is 0.255 e. The molecule has 3 rings (SSSR count). The van der Waals surface area contributed by atoms with Gasteiger partial charge < -0.3 is 25.8 Å². The second kappa shape index (κ2) is 6.50. The van der Waals surface area contributed by atoms with E-state index in [4.69, 9.17) is 10.5 Å². The van der Waals surface area contributed by atoms with Crippen LogP contribution in [0.15, 0.2) is 6.07 Å². The van der Waals surface area contributed by atoms with Crippen LogP contribution in [-0.4, -0.2) is 54.3 Å². The van der Waals surface area contributed by atoms with Crippen LogP contribution < -0.4 is 15.8 Å². The zero-order chi connectivity index (χ0) is 18.4. The highest BCUT2D eigenvalue weighted by Crippen LogP contribution is 2.42. The van der Waals surface area contributed by atoms with E-state index in [2.05, 4.69) is 10.2 Å². The molecule has 1 amide bonds. The number of carbonyl (C=O) groups is 1. The number of fused-ring (bicyclic) bond motifs is 1. The summed E-state index contributed by atoms with van der Waals surface area (Å²) >= 11 is 0. The fraction of sp³-hybridized carbons (Fsp3) is 0.632. The number of aliphatic hydroxyl groups is 1. The Bertz CT molecular complexity index is 687. The highest BCUT2D eigenvalue weighted by molar-refractivity contribution is 5.99. The first-order valence-electron chi connectivity index (χ1n) is 8.94. The number of hydrogen-bond donors (Lipinski definition) is 3. The molecule has 1 aromatic rings. The van der Waals surface area contributed by atoms with Crippen LogP contribution in [-0.2, 0) is 6.42 Å². The van der Waals surface area contributed by atoms with Gasteiger partial charge in [0.2, 0.25) is 0 Å². The number of hydrogen-bond acceptors (Lipinski definition) is 5. The molecule has 1 saturated heterocycles. The van der Waals surface area contributed by atoms with E-state index in [0.29, 0.717) is 36.5 Å². The van der Waals surface area contributed by atoms with E-state index in [-0.39, 0.29) is 17.4 Å². The first-order chi connectivity index (χ1) is 11.7. The maximum atomic E-state index is 12.8. The van der Waals surface area contributed by atoms with Crippen molar-refractivity contribution in [2.24, 2.45) is 5.92 Å². The van der Waals surface area contributed by atoms with Gasteiger partial charge in [0.05, 0.1) is 11.7 Å². The standard InChI is InChI=1S/C19H29N3O3/c1-11-7-13(17-14(16(11)20)8-19(2,3)25-17)18(24)21-9-12-5-6-22(4)10-15(12)23/h7,12,15,23H,5-6,8-10,20H2,1-4H3,(H,21,24). The molecule has 2 aliphatic heterocycles. The molecule has 0 spiro atoms. The minimum absolute atomic E-state index is 0.0837. The fourth-order valence-electron chi connectivity index (χ4n) is 3.78. The summed E-state index contributed by atoms with van der Waals surface area (Å²) in [4.78, 5) is 14.9. The minimum atomic E-state index is -0.409. The number of likely N-dealkylation sites (tertiary alicyclic amines) is 1. The third kappa shape index (κ3) is 3.60. The normalized spacial score (nSPS) is 25.3. The fourth-order valence-corrected chi connectivity index (χ4v) is 3.78. The van der Waals surface area contributed by atoms with Gasteiger partial charge in [0, 0.05) is 36.7 Å². The van der Waals surface area contributed by atoms with Crippen LogP contribution in [0.3, 0.4) is 0 Å². The Balaban J connectivity index is 1.75. The molecule has 25 heavy (non-hydrogen) atoms. The van der Waals surface area contributed by atoms with Crippen molar-refractivity contribution in [1.82, 2.24) is 10.2 Å². The molecule has 2 atom stereocenters. The summed E-state index contributed by atoms with van der Waals surface area (Å²) in [7, 11) is 2.00.